The minimum Gasteiger partial charge on any atom is -0.451 e. The minimum atomic E-state index is -1.16. The fourth-order valence-electron chi connectivity index (χ4n) is 1.91. The summed E-state index contributed by atoms with van der Waals surface area (Å²) in [5, 5.41) is 2.43. The first-order valence-electron chi connectivity index (χ1n) is 7.32. The number of rotatable bonds is 5. The quantitative estimate of drug-likeness (QED) is 0.766. The number of aromatic nitrogens is 2. The van der Waals surface area contributed by atoms with E-state index in [0.717, 1.165) is 22.9 Å². The number of carbonyl (C=O) groups is 2. The van der Waals surface area contributed by atoms with Gasteiger partial charge < -0.3 is 10.1 Å². The molecule has 2 N–H and O–H groups in total. The summed E-state index contributed by atoms with van der Waals surface area (Å²) < 4.78 is 19.3. The van der Waals surface area contributed by atoms with Crippen molar-refractivity contribution in [2.24, 2.45) is 0 Å². The van der Waals surface area contributed by atoms with Crippen LogP contribution in [0.15, 0.2) is 40.1 Å². The van der Waals surface area contributed by atoms with Crippen LogP contribution >= 0.6 is 0 Å². The van der Waals surface area contributed by atoms with Gasteiger partial charge in [0.15, 0.2) is 6.10 Å². The summed E-state index contributed by atoms with van der Waals surface area (Å²) in [6.45, 7) is 2.46. The molecule has 0 spiro atoms. The number of hydrogen-bond acceptors (Lipinski definition) is 5. The van der Waals surface area contributed by atoms with Crippen LogP contribution in [0.25, 0.3) is 0 Å². The largest absolute Gasteiger partial charge is 0.451 e. The lowest BCUT2D eigenvalue weighted by Gasteiger charge is -2.14. The summed E-state index contributed by atoms with van der Waals surface area (Å²) >= 11 is 0. The zero-order valence-corrected chi connectivity index (χ0v) is 13.5. The lowest BCUT2D eigenvalue weighted by molar-refractivity contribution is -0.153. The molecule has 132 valence electrons. The number of aromatic amines is 1. The number of nitrogens with one attached hydrogen (secondary N) is 2. The van der Waals surface area contributed by atoms with Crippen LogP contribution in [0, 0.1) is 12.7 Å². The number of anilines is 1. The fourth-order valence-corrected chi connectivity index (χ4v) is 1.91. The number of aryl methyl sites for hydroxylation is 1. The molecule has 0 aliphatic rings. The van der Waals surface area contributed by atoms with E-state index in [1.165, 1.54) is 19.1 Å². The second kappa shape index (κ2) is 7.56. The molecule has 9 heteroatoms. The van der Waals surface area contributed by atoms with Gasteiger partial charge >= 0.3 is 11.7 Å². The molecule has 0 aliphatic heterocycles. The monoisotopic (exact) mass is 349 g/mol. The number of halogens is 1. The molecule has 0 aliphatic carbocycles. The number of amides is 1. The summed E-state index contributed by atoms with van der Waals surface area (Å²) in [7, 11) is 0. The van der Waals surface area contributed by atoms with Crippen LogP contribution in [-0.2, 0) is 20.9 Å². The van der Waals surface area contributed by atoms with E-state index in [-0.39, 0.29) is 5.69 Å². The van der Waals surface area contributed by atoms with E-state index in [1.54, 1.807) is 6.92 Å². The van der Waals surface area contributed by atoms with Crippen molar-refractivity contribution in [3.05, 3.63) is 62.7 Å². The van der Waals surface area contributed by atoms with E-state index in [2.05, 4.69) is 5.32 Å². The topological polar surface area (TPSA) is 110 Å². The molecule has 8 nitrogen and oxygen atoms in total. The van der Waals surface area contributed by atoms with Crippen LogP contribution in [0.1, 0.15) is 12.5 Å². The molecule has 1 aromatic heterocycles. The van der Waals surface area contributed by atoms with Gasteiger partial charge in [0.25, 0.3) is 11.5 Å². The Morgan fingerprint density at radius 1 is 1.32 bits per heavy atom. The first-order valence-corrected chi connectivity index (χ1v) is 7.32. The van der Waals surface area contributed by atoms with E-state index < -0.39 is 41.6 Å². The Bertz CT molecular complexity index is 918. The number of esters is 1. The first-order chi connectivity index (χ1) is 11.8. The molecule has 2 aromatic rings. The second-order valence-corrected chi connectivity index (χ2v) is 5.32. The number of carbonyl (C=O) groups excluding carboxylic acids is 2. The van der Waals surface area contributed by atoms with Crippen LogP contribution in [0.5, 0.6) is 0 Å². The third-order valence-electron chi connectivity index (χ3n) is 3.31. The predicted octanol–water partition coefficient (Wildman–Crippen LogP) is 0.555. The second-order valence-electron chi connectivity index (χ2n) is 5.32. The van der Waals surface area contributed by atoms with Gasteiger partial charge in [0.1, 0.15) is 12.4 Å². The van der Waals surface area contributed by atoms with Gasteiger partial charge in [0, 0.05) is 18.0 Å². The van der Waals surface area contributed by atoms with Crippen LogP contribution in [0.4, 0.5) is 10.1 Å². The molecule has 1 atom stereocenters. The normalized spacial score (nSPS) is 11.6. The summed E-state index contributed by atoms with van der Waals surface area (Å²) in [5.41, 5.74) is -0.693. The maximum absolute atomic E-state index is 13.5. The smallest absolute Gasteiger partial charge is 0.328 e. The van der Waals surface area contributed by atoms with E-state index >= 15 is 0 Å². The van der Waals surface area contributed by atoms with Gasteiger partial charge in [0.05, 0.1) is 0 Å². The molecule has 1 amide bonds. The Balaban J connectivity index is 1.95. The Labute approximate surface area is 141 Å². The molecule has 1 heterocycles. The molecule has 0 fully saturated rings. The third kappa shape index (κ3) is 4.87. The molecular formula is C16H16FN3O5. The third-order valence-corrected chi connectivity index (χ3v) is 3.31. The highest BCUT2D eigenvalue weighted by Crippen LogP contribution is 2.14. The number of nitrogens with zero attached hydrogens (tertiary/aromatic N) is 1. The zero-order chi connectivity index (χ0) is 18.6. The average molecular weight is 349 g/mol. The lowest BCUT2D eigenvalue weighted by Crippen LogP contribution is -2.34. The average Bonchev–Trinajstić information content (AvgIpc) is 2.53. The number of hydrogen-bond donors (Lipinski definition) is 2. The minimum absolute atomic E-state index is 0.229. The predicted molar refractivity (Wildman–Crippen MR) is 86.6 cm³/mol. The summed E-state index contributed by atoms with van der Waals surface area (Å²) in [6.07, 6.45) is -0.0160. The van der Waals surface area contributed by atoms with Crippen molar-refractivity contribution in [1.29, 1.82) is 0 Å². The number of ether oxygens (including phenoxy) is 1. The molecule has 2 rings (SSSR count). The summed E-state index contributed by atoms with van der Waals surface area (Å²) in [5.74, 6) is -1.96. The fraction of sp³-hybridized carbons (Fsp3) is 0.250. The van der Waals surface area contributed by atoms with Gasteiger partial charge in [0.2, 0.25) is 0 Å². The molecule has 25 heavy (non-hydrogen) atoms. The van der Waals surface area contributed by atoms with E-state index in [9.17, 15) is 23.6 Å². The molecule has 0 radical (unpaired) electrons. The van der Waals surface area contributed by atoms with Gasteiger partial charge in [-0.2, -0.15) is 0 Å². The van der Waals surface area contributed by atoms with Crippen molar-refractivity contribution >= 4 is 17.6 Å². The standard InChI is InChI=1S/C16H16FN3O5/c1-9-3-4-11(7-12(9)17)18-15(23)10(2)25-14(22)8-20-6-5-13(21)19-16(20)24/h3-7,10H,8H2,1-2H3,(H,18,23)(H,19,21,24)/t10-/m1/s1. The number of H-pyrrole nitrogens is 1. The Kier molecular flexibility index (Phi) is 5.48. The Morgan fingerprint density at radius 2 is 2.04 bits per heavy atom. The van der Waals surface area contributed by atoms with E-state index in [4.69, 9.17) is 4.74 Å². The van der Waals surface area contributed by atoms with Crippen LogP contribution in [0.3, 0.4) is 0 Å². The maximum Gasteiger partial charge on any atom is 0.328 e. The van der Waals surface area contributed by atoms with Gasteiger partial charge in [-0.1, -0.05) is 6.07 Å². The molecule has 0 saturated heterocycles. The Hall–Kier alpha value is -3.23. The molecule has 1 aromatic carbocycles. The SMILES string of the molecule is Cc1ccc(NC(=O)[C@@H](C)OC(=O)Cn2ccc(=O)[nH]c2=O)cc1F. The molecule has 0 bridgehead atoms. The molecule has 0 saturated carbocycles. The highest BCUT2D eigenvalue weighted by Gasteiger charge is 2.18. The molecule has 0 unspecified atom stereocenters. The van der Waals surface area contributed by atoms with Crippen molar-refractivity contribution in [2.75, 3.05) is 5.32 Å². The lowest BCUT2D eigenvalue weighted by atomic mass is 10.2. The summed E-state index contributed by atoms with van der Waals surface area (Å²) in [4.78, 5) is 48.2. The van der Waals surface area contributed by atoms with Crippen LogP contribution in [0.2, 0.25) is 0 Å². The van der Waals surface area contributed by atoms with Gasteiger partial charge in [-0.3, -0.25) is 23.9 Å². The highest BCUT2D eigenvalue weighted by molar-refractivity contribution is 5.95. The van der Waals surface area contributed by atoms with Crippen molar-refractivity contribution in [2.45, 2.75) is 26.5 Å². The Morgan fingerprint density at radius 3 is 2.68 bits per heavy atom. The van der Waals surface area contributed by atoms with E-state index in [0.29, 0.717) is 5.56 Å². The van der Waals surface area contributed by atoms with Gasteiger partial charge in [-0.05, 0) is 31.5 Å². The van der Waals surface area contributed by atoms with Crippen molar-refractivity contribution in [3.63, 3.8) is 0 Å². The van der Waals surface area contributed by atoms with Gasteiger partial charge in [-0.25, -0.2) is 9.18 Å². The first kappa shape index (κ1) is 18.1. The van der Waals surface area contributed by atoms with Crippen LogP contribution in [-0.4, -0.2) is 27.5 Å². The zero-order valence-electron chi connectivity index (χ0n) is 13.5. The van der Waals surface area contributed by atoms with Gasteiger partial charge in [-0.15, -0.1) is 0 Å². The van der Waals surface area contributed by atoms with Crippen molar-refractivity contribution in [3.8, 4) is 0 Å². The van der Waals surface area contributed by atoms with Crippen molar-refractivity contribution in [1.82, 2.24) is 9.55 Å². The van der Waals surface area contributed by atoms with E-state index in [1.807, 2.05) is 4.98 Å². The van der Waals surface area contributed by atoms with Crippen molar-refractivity contribution < 1.29 is 18.7 Å². The number of benzene rings is 1. The highest BCUT2D eigenvalue weighted by atomic mass is 19.1. The molecular weight excluding hydrogens is 333 g/mol. The summed E-state index contributed by atoms with van der Waals surface area (Å²) in [6, 6.07) is 5.26. The van der Waals surface area contributed by atoms with Crippen LogP contribution < -0.4 is 16.6 Å². The maximum atomic E-state index is 13.5.